The Balaban J connectivity index is 1.66. The Morgan fingerprint density at radius 2 is 1.86 bits per heavy atom. The summed E-state index contributed by atoms with van der Waals surface area (Å²) in [6.45, 7) is 0. The zero-order valence-electron chi connectivity index (χ0n) is 14.8. The van der Waals surface area contributed by atoms with E-state index in [9.17, 15) is 9.90 Å². The minimum atomic E-state index is -0.334. The summed E-state index contributed by atoms with van der Waals surface area (Å²) in [7, 11) is 0. The van der Waals surface area contributed by atoms with Gasteiger partial charge in [0, 0.05) is 23.3 Å². The summed E-state index contributed by atoms with van der Waals surface area (Å²) in [5.41, 5.74) is 6.01. The minimum Gasteiger partial charge on any atom is -0.508 e. The second-order valence-corrected chi connectivity index (χ2v) is 6.10. The van der Waals surface area contributed by atoms with Crippen molar-refractivity contribution in [3.8, 4) is 17.0 Å². The van der Waals surface area contributed by atoms with Gasteiger partial charge in [0.15, 0.2) is 0 Å². The number of hydrogen-bond acceptors (Lipinski definition) is 5. The normalized spacial score (nSPS) is 11.0. The first-order valence-electron chi connectivity index (χ1n) is 8.63. The first-order chi connectivity index (χ1) is 13.7. The van der Waals surface area contributed by atoms with Gasteiger partial charge < -0.3 is 5.11 Å². The van der Waals surface area contributed by atoms with Gasteiger partial charge in [0.1, 0.15) is 5.75 Å². The van der Waals surface area contributed by atoms with Gasteiger partial charge >= 0.3 is 0 Å². The Labute approximate surface area is 161 Å². The van der Waals surface area contributed by atoms with E-state index >= 15 is 0 Å². The highest BCUT2D eigenvalue weighted by molar-refractivity contribution is 6.07. The second kappa shape index (κ2) is 7.67. The quantitative estimate of drug-likeness (QED) is 0.424. The molecular formula is C22H16N4O2. The van der Waals surface area contributed by atoms with E-state index in [0.29, 0.717) is 11.3 Å². The van der Waals surface area contributed by atoms with Crippen LogP contribution in [0, 0.1) is 0 Å². The number of hydrazone groups is 1. The third kappa shape index (κ3) is 3.71. The molecule has 0 fully saturated rings. The molecule has 0 aliphatic rings. The Morgan fingerprint density at radius 1 is 1.04 bits per heavy atom. The predicted octanol–water partition coefficient (Wildman–Crippen LogP) is 3.77. The van der Waals surface area contributed by atoms with Crippen LogP contribution in [0.3, 0.4) is 0 Å². The molecule has 28 heavy (non-hydrogen) atoms. The smallest absolute Gasteiger partial charge is 0.272 e. The Hall–Kier alpha value is -4.06. The third-order valence-electron chi connectivity index (χ3n) is 4.19. The van der Waals surface area contributed by atoms with E-state index in [1.807, 2.05) is 36.4 Å². The van der Waals surface area contributed by atoms with Gasteiger partial charge in [-0.15, -0.1) is 0 Å². The van der Waals surface area contributed by atoms with Gasteiger partial charge in [0.25, 0.3) is 5.91 Å². The van der Waals surface area contributed by atoms with E-state index in [1.54, 1.807) is 42.7 Å². The molecule has 6 heteroatoms. The summed E-state index contributed by atoms with van der Waals surface area (Å²) in [5.74, 6) is -0.161. The van der Waals surface area contributed by atoms with E-state index in [2.05, 4.69) is 20.5 Å². The van der Waals surface area contributed by atoms with Crippen molar-refractivity contribution in [1.29, 1.82) is 0 Å². The largest absolute Gasteiger partial charge is 0.508 e. The van der Waals surface area contributed by atoms with Crippen LogP contribution in [0.1, 0.15) is 15.9 Å². The van der Waals surface area contributed by atoms with E-state index in [1.165, 1.54) is 6.21 Å². The predicted molar refractivity (Wildman–Crippen MR) is 108 cm³/mol. The molecule has 0 aliphatic heterocycles. The van der Waals surface area contributed by atoms with Crippen molar-refractivity contribution in [1.82, 2.24) is 15.4 Å². The molecule has 6 nitrogen and oxygen atoms in total. The van der Waals surface area contributed by atoms with Gasteiger partial charge in [-0.1, -0.05) is 18.2 Å². The maximum atomic E-state index is 12.8. The van der Waals surface area contributed by atoms with Crippen molar-refractivity contribution >= 4 is 23.0 Å². The number of nitrogens with one attached hydrogen (secondary N) is 1. The number of rotatable bonds is 4. The first-order valence-corrected chi connectivity index (χ1v) is 8.63. The highest BCUT2D eigenvalue weighted by atomic mass is 16.3. The van der Waals surface area contributed by atoms with Crippen LogP contribution in [0.5, 0.6) is 5.75 Å². The van der Waals surface area contributed by atoms with Crippen LogP contribution in [0.2, 0.25) is 0 Å². The van der Waals surface area contributed by atoms with Crippen molar-refractivity contribution in [3.63, 3.8) is 0 Å². The summed E-state index contributed by atoms with van der Waals surface area (Å²) in [5, 5.41) is 14.1. The number of carbonyl (C=O) groups excluding carboxylic acids is 1. The molecule has 2 aromatic heterocycles. The molecule has 2 heterocycles. The van der Waals surface area contributed by atoms with Gasteiger partial charge in [-0.2, -0.15) is 5.10 Å². The molecule has 136 valence electrons. The van der Waals surface area contributed by atoms with Gasteiger partial charge in [-0.3, -0.25) is 9.78 Å². The van der Waals surface area contributed by atoms with Crippen molar-refractivity contribution < 1.29 is 9.90 Å². The molecule has 0 spiro atoms. The van der Waals surface area contributed by atoms with Crippen LogP contribution in [0.15, 0.2) is 84.2 Å². The number of phenolic OH excluding ortho intramolecular Hbond substituents is 1. The van der Waals surface area contributed by atoms with Crippen LogP contribution in [-0.4, -0.2) is 27.2 Å². The van der Waals surface area contributed by atoms with Crippen LogP contribution in [0.4, 0.5) is 0 Å². The van der Waals surface area contributed by atoms with E-state index in [0.717, 1.165) is 22.0 Å². The Kier molecular flexibility index (Phi) is 4.76. The molecule has 1 amide bonds. The minimum absolute atomic E-state index is 0.173. The van der Waals surface area contributed by atoms with Gasteiger partial charge in [-0.25, -0.2) is 10.4 Å². The van der Waals surface area contributed by atoms with Crippen molar-refractivity contribution in [2.24, 2.45) is 5.10 Å². The molecule has 2 aromatic carbocycles. The monoisotopic (exact) mass is 368 g/mol. The average molecular weight is 368 g/mol. The molecule has 4 aromatic rings. The SMILES string of the molecule is O=C(N/N=C/c1ccc(O)cc1)c1cc(-c2cccnc2)nc2ccccc12. The van der Waals surface area contributed by atoms with Crippen molar-refractivity contribution in [2.45, 2.75) is 0 Å². The molecule has 0 atom stereocenters. The van der Waals surface area contributed by atoms with Gasteiger partial charge in [0.2, 0.25) is 0 Å². The molecule has 0 saturated carbocycles. The van der Waals surface area contributed by atoms with Crippen LogP contribution < -0.4 is 5.43 Å². The molecular weight excluding hydrogens is 352 g/mol. The lowest BCUT2D eigenvalue weighted by molar-refractivity contribution is 0.0956. The lowest BCUT2D eigenvalue weighted by atomic mass is 10.0. The standard InChI is InChI=1S/C22H16N4O2/c27-17-9-7-15(8-10-17)13-24-26-22(28)19-12-21(16-4-3-11-23-14-16)25-20-6-2-1-5-18(19)20/h1-14,27H,(H,26,28)/b24-13+. The highest BCUT2D eigenvalue weighted by Crippen LogP contribution is 2.24. The zero-order chi connectivity index (χ0) is 19.3. The van der Waals surface area contributed by atoms with Gasteiger partial charge in [-0.05, 0) is 54.1 Å². The van der Waals surface area contributed by atoms with Crippen LogP contribution in [0.25, 0.3) is 22.2 Å². The Bertz CT molecular complexity index is 1160. The third-order valence-corrected chi connectivity index (χ3v) is 4.19. The molecule has 0 bridgehead atoms. The molecule has 0 unspecified atom stereocenters. The number of aromatic hydroxyl groups is 1. The zero-order valence-corrected chi connectivity index (χ0v) is 14.8. The van der Waals surface area contributed by atoms with Crippen molar-refractivity contribution in [3.05, 3.63) is 90.3 Å². The van der Waals surface area contributed by atoms with Gasteiger partial charge in [0.05, 0.1) is 23.0 Å². The number of amides is 1. The number of fused-ring (bicyclic) bond motifs is 1. The number of benzene rings is 2. The first kappa shape index (κ1) is 17.4. The fourth-order valence-electron chi connectivity index (χ4n) is 2.81. The highest BCUT2D eigenvalue weighted by Gasteiger charge is 2.13. The van der Waals surface area contributed by atoms with E-state index in [4.69, 9.17) is 0 Å². The van der Waals surface area contributed by atoms with E-state index in [-0.39, 0.29) is 11.7 Å². The summed E-state index contributed by atoms with van der Waals surface area (Å²) in [6, 6.07) is 19.4. The fourth-order valence-corrected chi connectivity index (χ4v) is 2.81. The fraction of sp³-hybridized carbons (Fsp3) is 0. The molecule has 0 aliphatic carbocycles. The topological polar surface area (TPSA) is 87.5 Å². The summed E-state index contributed by atoms with van der Waals surface area (Å²) in [4.78, 5) is 21.5. The molecule has 0 saturated heterocycles. The molecule has 4 rings (SSSR count). The lowest BCUT2D eigenvalue weighted by Gasteiger charge is -2.08. The second-order valence-electron chi connectivity index (χ2n) is 6.10. The number of pyridine rings is 2. The molecule has 0 radical (unpaired) electrons. The van der Waals surface area contributed by atoms with Crippen LogP contribution in [-0.2, 0) is 0 Å². The Morgan fingerprint density at radius 3 is 2.64 bits per heavy atom. The maximum absolute atomic E-state index is 12.8. The number of phenols is 1. The summed E-state index contributed by atoms with van der Waals surface area (Å²) < 4.78 is 0. The lowest BCUT2D eigenvalue weighted by Crippen LogP contribution is -2.18. The number of carbonyl (C=O) groups is 1. The maximum Gasteiger partial charge on any atom is 0.272 e. The summed E-state index contributed by atoms with van der Waals surface area (Å²) in [6.07, 6.45) is 4.92. The van der Waals surface area contributed by atoms with Crippen LogP contribution >= 0.6 is 0 Å². The number of para-hydroxylation sites is 1. The number of aromatic nitrogens is 2. The van der Waals surface area contributed by atoms with Crippen molar-refractivity contribution in [2.75, 3.05) is 0 Å². The summed E-state index contributed by atoms with van der Waals surface area (Å²) >= 11 is 0. The molecule has 2 N–H and O–H groups in total. The average Bonchev–Trinajstić information content (AvgIpc) is 2.75. The number of hydrogen-bond donors (Lipinski definition) is 2. The van der Waals surface area contributed by atoms with E-state index < -0.39 is 0 Å². The number of nitrogens with zero attached hydrogens (tertiary/aromatic N) is 3.